The first-order valence-electron chi connectivity index (χ1n) is 2.41. The molecule has 0 rings (SSSR count). The standard InChI is InChI=1S/C3H7N.C2H5NO2/c1-2-3-4;3-1-2(4)5/h2H,1,3-4H2;1,3H2,(H,4,5). The molecule has 0 unspecified atom stereocenters. The second kappa shape index (κ2) is 10.2. The molecule has 0 aliphatic carbocycles. The number of carboxylic acids is 1. The highest BCUT2D eigenvalue weighted by Crippen LogP contribution is 1.43. The molecule has 0 heterocycles. The van der Waals surface area contributed by atoms with Crippen molar-refractivity contribution in [2.45, 2.75) is 0 Å². The van der Waals surface area contributed by atoms with Gasteiger partial charge in [-0.3, -0.25) is 4.79 Å². The van der Waals surface area contributed by atoms with Crippen molar-refractivity contribution >= 4 is 5.97 Å². The molecule has 4 nitrogen and oxygen atoms in total. The largest absolute Gasteiger partial charge is 0.480 e. The molecule has 5 N–H and O–H groups in total. The SMILES string of the molecule is C=CCN.NCC(=O)O. The first kappa shape index (κ1) is 11.0. The zero-order valence-electron chi connectivity index (χ0n) is 5.21. The maximum Gasteiger partial charge on any atom is 0.317 e. The van der Waals surface area contributed by atoms with Crippen molar-refractivity contribution < 1.29 is 9.90 Å². The van der Waals surface area contributed by atoms with E-state index in [0.29, 0.717) is 6.54 Å². The van der Waals surface area contributed by atoms with E-state index < -0.39 is 5.97 Å². The fourth-order valence-electron chi connectivity index (χ4n) is 0. The topological polar surface area (TPSA) is 89.3 Å². The lowest BCUT2D eigenvalue weighted by Crippen LogP contribution is -2.10. The third kappa shape index (κ3) is 41.4. The Morgan fingerprint density at radius 3 is 1.89 bits per heavy atom. The van der Waals surface area contributed by atoms with E-state index in [4.69, 9.17) is 10.8 Å². The van der Waals surface area contributed by atoms with Gasteiger partial charge in [-0.05, 0) is 0 Å². The van der Waals surface area contributed by atoms with Gasteiger partial charge in [-0.1, -0.05) is 6.08 Å². The van der Waals surface area contributed by atoms with Crippen LogP contribution in [0.3, 0.4) is 0 Å². The number of nitrogens with two attached hydrogens (primary N) is 2. The van der Waals surface area contributed by atoms with Gasteiger partial charge in [-0.2, -0.15) is 0 Å². The Bertz CT molecular complexity index is 83.0. The van der Waals surface area contributed by atoms with Crippen LogP contribution in [0.15, 0.2) is 12.7 Å². The minimum Gasteiger partial charge on any atom is -0.480 e. The number of carbonyl (C=O) groups is 1. The van der Waals surface area contributed by atoms with Crippen LogP contribution in [0.5, 0.6) is 0 Å². The average Bonchev–Trinajstić information content (AvgIpc) is 1.89. The number of hydrogen-bond donors (Lipinski definition) is 3. The van der Waals surface area contributed by atoms with Crippen LogP contribution < -0.4 is 11.5 Å². The number of aliphatic carboxylic acids is 1. The second-order valence-corrected chi connectivity index (χ2v) is 1.12. The first-order chi connectivity index (χ1) is 4.18. The molecule has 0 aromatic carbocycles. The van der Waals surface area contributed by atoms with Gasteiger partial charge < -0.3 is 16.6 Å². The van der Waals surface area contributed by atoms with Crippen molar-refractivity contribution in [1.82, 2.24) is 0 Å². The van der Waals surface area contributed by atoms with Crippen molar-refractivity contribution in [2.24, 2.45) is 11.5 Å². The van der Waals surface area contributed by atoms with Crippen molar-refractivity contribution in [1.29, 1.82) is 0 Å². The van der Waals surface area contributed by atoms with E-state index in [1.807, 2.05) is 0 Å². The highest BCUT2D eigenvalue weighted by molar-refractivity contribution is 5.68. The fourth-order valence-corrected chi connectivity index (χ4v) is 0. The molecule has 54 valence electrons. The van der Waals surface area contributed by atoms with Crippen LogP contribution in [0.25, 0.3) is 0 Å². The number of rotatable bonds is 2. The Labute approximate surface area is 54.2 Å². The van der Waals surface area contributed by atoms with E-state index >= 15 is 0 Å². The summed E-state index contributed by atoms with van der Waals surface area (Å²) in [7, 11) is 0. The molecular weight excluding hydrogens is 120 g/mol. The van der Waals surface area contributed by atoms with Gasteiger partial charge in [-0.15, -0.1) is 6.58 Å². The van der Waals surface area contributed by atoms with Gasteiger partial charge in [0.05, 0.1) is 6.54 Å². The summed E-state index contributed by atoms with van der Waals surface area (Å²) in [6.45, 7) is 3.66. The Kier molecular flexibility index (Phi) is 12.4. The molecule has 0 aromatic rings. The van der Waals surface area contributed by atoms with Crippen LogP contribution in [0.1, 0.15) is 0 Å². The van der Waals surface area contributed by atoms with E-state index in [9.17, 15) is 4.79 Å². The van der Waals surface area contributed by atoms with Gasteiger partial charge in [-0.25, -0.2) is 0 Å². The van der Waals surface area contributed by atoms with Crippen molar-refractivity contribution in [3.63, 3.8) is 0 Å². The lowest BCUT2D eigenvalue weighted by atomic mass is 10.7. The molecule has 0 radical (unpaired) electrons. The third-order valence-electron chi connectivity index (χ3n) is 0.341. The monoisotopic (exact) mass is 132 g/mol. The predicted octanol–water partition coefficient (Wildman–Crippen LogP) is -0.839. The Morgan fingerprint density at radius 1 is 1.67 bits per heavy atom. The van der Waals surface area contributed by atoms with Crippen LogP contribution in [0.2, 0.25) is 0 Å². The summed E-state index contributed by atoms with van der Waals surface area (Å²) in [5.41, 5.74) is 9.48. The zero-order chi connectivity index (χ0) is 7.70. The molecule has 0 aliphatic heterocycles. The number of carboxylic acid groups (broad SMARTS) is 1. The molecule has 0 aromatic heterocycles. The second-order valence-electron chi connectivity index (χ2n) is 1.12. The summed E-state index contributed by atoms with van der Waals surface area (Å²) in [5.74, 6) is -0.968. The van der Waals surface area contributed by atoms with Crippen LogP contribution in [0.4, 0.5) is 0 Å². The summed E-state index contributed by atoms with van der Waals surface area (Å²) in [6, 6.07) is 0. The lowest BCUT2D eigenvalue weighted by Gasteiger charge is -1.73. The van der Waals surface area contributed by atoms with E-state index in [0.717, 1.165) is 0 Å². The maximum atomic E-state index is 9.24. The Hall–Kier alpha value is -0.870. The summed E-state index contributed by atoms with van der Waals surface area (Å²) in [6.07, 6.45) is 1.65. The van der Waals surface area contributed by atoms with Gasteiger partial charge in [0.25, 0.3) is 0 Å². The maximum absolute atomic E-state index is 9.24. The Morgan fingerprint density at radius 2 is 1.89 bits per heavy atom. The summed E-state index contributed by atoms with van der Waals surface area (Å²) in [5, 5.41) is 7.60. The molecule has 0 bridgehead atoms. The van der Waals surface area contributed by atoms with E-state index in [-0.39, 0.29) is 6.54 Å². The molecule has 0 aliphatic rings. The quantitative estimate of drug-likeness (QED) is 0.427. The fraction of sp³-hybridized carbons (Fsp3) is 0.400. The van der Waals surface area contributed by atoms with Gasteiger partial charge in [0.15, 0.2) is 0 Å². The van der Waals surface area contributed by atoms with Gasteiger partial charge in [0.1, 0.15) is 0 Å². The van der Waals surface area contributed by atoms with E-state index in [1.54, 1.807) is 6.08 Å². The third-order valence-corrected chi connectivity index (χ3v) is 0.341. The van der Waals surface area contributed by atoms with Crippen molar-refractivity contribution in [3.8, 4) is 0 Å². The molecule has 4 heteroatoms. The van der Waals surface area contributed by atoms with Gasteiger partial charge in [0.2, 0.25) is 0 Å². The highest BCUT2D eigenvalue weighted by Gasteiger charge is 1.81. The van der Waals surface area contributed by atoms with Crippen LogP contribution in [-0.2, 0) is 4.79 Å². The number of hydrogen-bond acceptors (Lipinski definition) is 3. The smallest absolute Gasteiger partial charge is 0.317 e. The summed E-state index contributed by atoms with van der Waals surface area (Å²) < 4.78 is 0. The van der Waals surface area contributed by atoms with Crippen LogP contribution in [0, 0.1) is 0 Å². The highest BCUT2D eigenvalue weighted by atomic mass is 16.4. The van der Waals surface area contributed by atoms with Crippen molar-refractivity contribution in [2.75, 3.05) is 13.1 Å². The van der Waals surface area contributed by atoms with Crippen molar-refractivity contribution in [3.05, 3.63) is 12.7 Å². The minimum atomic E-state index is -0.968. The molecular formula is C5H12N2O2. The van der Waals surface area contributed by atoms with Crippen LogP contribution in [-0.4, -0.2) is 24.2 Å². The Balaban J connectivity index is 0. The summed E-state index contributed by atoms with van der Waals surface area (Å²) in [4.78, 5) is 9.24. The molecule has 0 fully saturated rings. The zero-order valence-corrected chi connectivity index (χ0v) is 5.21. The molecule has 0 spiro atoms. The van der Waals surface area contributed by atoms with Crippen LogP contribution >= 0.6 is 0 Å². The molecule has 0 saturated heterocycles. The normalized spacial score (nSPS) is 6.89. The average molecular weight is 132 g/mol. The predicted molar refractivity (Wildman–Crippen MR) is 35.9 cm³/mol. The van der Waals surface area contributed by atoms with Gasteiger partial charge in [0, 0.05) is 6.54 Å². The van der Waals surface area contributed by atoms with E-state index in [2.05, 4.69) is 12.3 Å². The molecule has 9 heavy (non-hydrogen) atoms. The first-order valence-corrected chi connectivity index (χ1v) is 2.41. The molecule has 0 amide bonds. The van der Waals surface area contributed by atoms with Gasteiger partial charge >= 0.3 is 5.97 Å². The summed E-state index contributed by atoms with van der Waals surface area (Å²) >= 11 is 0. The van der Waals surface area contributed by atoms with E-state index in [1.165, 1.54) is 0 Å². The minimum absolute atomic E-state index is 0.278. The molecule has 0 saturated carbocycles. The molecule has 0 atom stereocenters. The lowest BCUT2D eigenvalue weighted by molar-refractivity contribution is -0.135.